The average Bonchev–Trinajstić information content (AvgIpc) is 2.14. The van der Waals surface area contributed by atoms with Crippen LogP contribution in [0.15, 0.2) is 18.2 Å². The van der Waals surface area contributed by atoms with Crippen molar-refractivity contribution in [3.63, 3.8) is 0 Å². The standard InChI is InChI=1S/C14H23ClN2/c1-10(2)8-12(9-11(3)4)16-14-7-5-6-13(15)17-14/h5-7,10-12H,8-9H2,1-4H3,(H,16,17). The number of halogens is 1. The molecule has 96 valence electrons. The van der Waals surface area contributed by atoms with E-state index in [4.69, 9.17) is 11.6 Å². The molecule has 0 unspecified atom stereocenters. The van der Waals surface area contributed by atoms with Gasteiger partial charge >= 0.3 is 0 Å². The Hall–Kier alpha value is -0.760. The molecular formula is C14H23ClN2. The fourth-order valence-electron chi connectivity index (χ4n) is 2.05. The van der Waals surface area contributed by atoms with Crippen LogP contribution in [0, 0.1) is 11.8 Å². The molecule has 1 aromatic heterocycles. The van der Waals surface area contributed by atoms with E-state index in [1.54, 1.807) is 6.07 Å². The minimum Gasteiger partial charge on any atom is -0.367 e. The summed E-state index contributed by atoms with van der Waals surface area (Å²) in [4.78, 5) is 4.28. The number of nitrogens with zero attached hydrogens (tertiary/aromatic N) is 1. The Morgan fingerprint density at radius 1 is 1.12 bits per heavy atom. The highest BCUT2D eigenvalue weighted by Gasteiger charge is 2.13. The molecule has 1 rings (SSSR count). The average molecular weight is 255 g/mol. The highest BCUT2D eigenvalue weighted by Crippen LogP contribution is 2.18. The third kappa shape index (κ3) is 5.92. The highest BCUT2D eigenvalue weighted by atomic mass is 35.5. The maximum Gasteiger partial charge on any atom is 0.131 e. The van der Waals surface area contributed by atoms with Crippen LogP contribution in [0.4, 0.5) is 5.82 Å². The van der Waals surface area contributed by atoms with Crippen molar-refractivity contribution in [2.24, 2.45) is 11.8 Å². The fraction of sp³-hybridized carbons (Fsp3) is 0.643. The first kappa shape index (κ1) is 14.3. The first-order chi connectivity index (χ1) is 7.97. The van der Waals surface area contributed by atoms with E-state index in [1.165, 1.54) is 0 Å². The first-order valence-corrected chi connectivity index (χ1v) is 6.74. The summed E-state index contributed by atoms with van der Waals surface area (Å²) in [5.41, 5.74) is 0. The molecule has 0 aliphatic carbocycles. The maximum atomic E-state index is 5.89. The zero-order valence-electron chi connectivity index (χ0n) is 11.2. The molecule has 0 fully saturated rings. The van der Waals surface area contributed by atoms with Gasteiger partial charge in [0.15, 0.2) is 0 Å². The molecule has 0 saturated carbocycles. The molecule has 0 bridgehead atoms. The van der Waals surface area contributed by atoms with Crippen LogP contribution >= 0.6 is 11.6 Å². The predicted molar refractivity (Wildman–Crippen MR) is 75.6 cm³/mol. The van der Waals surface area contributed by atoms with Crippen molar-refractivity contribution >= 4 is 17.4 Å². The van der Waals surface area contributed by atoms with Crippen LogP contribution in [0.1, 0.15) is 40.5 Å². The molecule has 0 atom stereocenters. The van der Waals surface area contributed by atoms with Crippen LogP contribution in [0.2, 0.25) is 5.15 Å². The Bertz CT molecular complexity index is 327. The van der Waals surface area contributed by atoms with Gasteiger partial charge in [0.1, 0.15) is 11.0 Å². The minimum atomic E-state index is 0.473. The number of hydrogen-bond acceptors (Lipinski definition) is 2. The maximum absolute atomic E-state index is 5.89. The Morgan fingerprint density at radius 3 is 2.18 bits per heavy atom. The Kier molecular flexibility index (Phi) is 5.76. The molecule has 0 radical (unpaired) electrons. The molecule has 0 aromatic carbocycles. The van der Waals surface area contributed by atoms with Gasteiger partial charge in [0.05, 0.1) is 0 Å². The largest absolute Gasteiger partial charge is 0.367 e. The molecule has 17 heavy (non-hydrogen) atoms. The van der Waals surface area contributed by atoms with E-state index >= 15 is 0 Å². The van der Waals surface area contributed by atoms with E-state index in [0.717, 1.165) is 18.7 Å². The second-order valence-corrected chi connectivity index (χ2v) is 5.83. The van der Waals surface area contributed by atoms with E-state index in [9.17, 15) is 0 Å². The molecule has 3 heteroatoms. The smallest absolute Gasteiger partial charge is 0.131 e. The van der Waals surface area contributed by atoms with E-state index in [1.807, 2.05) is 12.1 Å². The molecule has 0 aliphatic heterocycles. The van der Waals surface area contributed by atoms with Gasteiger partial charge < -0.3 is 5.32 Å². The fourth-order valence-corrected chi connectivity index (χ4v) is 2.21. The number of hydrogen-bond donors (Lipinski definition) is 1. The van der Waals surface area contributed by atoms with Gasteiger partial charge in [-0.3, -0.25) is 0 Å². The topological polar surface area (TPSA) is 24.9 Å². The van der Waals surface area contributed by atoms with Crippen molar-refractivity contribution in [2.75, 3.05) is 5.32 Å². The van der Waals surface area contributed by atoms with Gasteiger partial charge in [-0.1, -0.05) is 45.4 Å². The van der Waals surface area contributed by atoms with E-state index in [-0.39, 0.29) is 0 Å². The van der Waals surface area contributed by atoms with Crippen LogP contribution in [0.25, 0.3) is 0 Å². The Balaban J connectivity index is 2.64. The summed E-state index contributed by atoms with van der Waals surface area (Å²) in [6, 6.07) is 6.17. The molecule has 0 aliphatic rings. The minimum absolute atomic E-state index is 0.473. The molecule has 1 N–H and O–H groups in total. The zero-order valence-corrected chi connectivity index (χ0v) is 12.0. The monoisotopic (exact) mass is 254 g/mol. The van der Waals surface area contributed by atoms with E-state index < -0.39 is 0 Å². The molecule has 1 aromatic rings. The summed E-state index contributed by atoms with van der Waals surface area (Å²) in [7, 11) is 0. The Morgan fingerprint density at radius 2 is 1.71 bits per heavy atom. The number of aromatic nitrogens is 1. The molecule has 0 spiro atoms. The van der Waals surface area contributed by atoms with Crippen molar-refractivity contribution in [1.29, 1.82) is 0 Å². The lowest BCUT2D eigenvalue weighted by molar-refractivity contribution is 0.441. The van der Waals surface area contributed by atoms with Crippen molar-refractivity contribution in [3.05, 3.63) is 23.4 Å². The molecule has 2 nitrogen and oxygen atoms in total. The number of anilines is 1. The first-order valence-electron chi connectivity index (χ1n) is 6.36. The molecular weight excluding hydrogens is 232 g/mol. The van der Waals surface area contributed by atoms with Gasteiger partial charge in [0.2, 0.25) is 0 Å². The quantitative estimate of drug-likeness (QED) is 0.750. The lowest BCUT2D eigenvalue weighted by atomic mass is 9.95. The SMILES string of the molecule is CC(C)CC(CC(C)C)Nc1cccc(Cl)n1. The van der Waals surface area contributed by atoms with Gasteiger partial charge in [0, 0.05) is 6.04 Å². The second-order valence-electron chi connectivity index (χ2n) is 5.45. The zero-order chi connectivity index (χ0) is 12.8. The van der Waals surface area contributed by atoms with Gasteiger partial charge in [-0.05, 0) is 36.8 Å². The van der Waals surface area contributed by atoms with Crippen molar-refractivity contribution in [3.8, 4) is 0 Å². The van der Waals surface area contributed by atoms with E-state index in [2.05, 4.69) is 38.0 Å². The van der Waals surface area contributed by atoms with Crippen LogP contribution in [-0.2, 0) is 0 Å². The molecule has 0 saturated heterocycles. The number of nitrogens with one attached hydrogen (secondary N) is 1. The molecule has 0 amide bonds. The molecule has 1 heterocycles. The second kappa shape index (κ2) is 6.85. The summed E-state index contributed by atoms with van der Waals surface area (Å²) < 4.78 is 0. The van der Waals surface area contributed by atoms with Crippen molar-refractivity contribution in [1.82, 2.24) is 4.98 Å². The summed E-state index contributed by atoms with van der Waals surface area (Å²) >= 11 is 5.89. The summed E-state index contributed by atoms with van der Waals surface area (Å²) in [5.74, 6) is 2.25. The van der Waals surface area contributed by atoms with Crippen molar-refractivity contribution in [2.45, 2.75) is 46.6 Å². The Labute approximate surface area is 110 Å². The van der Waals surface area contributed by atoms with Gasteiger partial charge in [-0.2, -0.15) is 0 Å². The van der Waals surface area contributed by atoms with Crippen LogP contribution in [0.3, 0.4) is 0 Å². The highest BCUT2D eigenvalue weighted by molar-refractivity contribution is 6.29. The van der Waals surface area contributed by atoms with Gasteiger partial charge in [-0.25, -0.2) is 4.98 Å². The predicted octanol–water partition coefficient (Wildman–Crippen LogP) is 4.61. The third-order valence-electron chi connectivity index (χ3n) is 2.58. The third-order valence-corrected chi connectivity index (χ3v) is 2.79. The van der Waals surface area contributed by atoms with Crippen molar-refractivity contribution < 1.29 is 0 Å². The normalized spacial score (nSPS) is 11.5. The summed E-state index contributed by atoms with van der Waals surface area (Å²) in [5, 5.41) is 4.03. The van der Waals surface area contributed by atoms with Gasteiger partial charge in [-0.15, -0.1) is 0 Å². The van der Waals surface area contributed by atoms with Gasteiger partial charge in [0.25, 0.3) is 0 Å². The lowest BCUT2D eigenvalue weighted by Gasteiger charge is -2.23. The van der Waals surface area contributed by atoms with Crippen LogP contribution in [-0.4, -0.2) is 11.0 Å². The van der Waals surface area contributed by atoms with Crippen LogP contribution < -0.4 is 5.32 Å². The number of pyridine rings is 1. The van der Waals surface area contributed by atoms with E-state index in [0.29, 0.717) is 23.0 Å². The summed E-state index contributed by atoms with van der Waals surface area (Å²) in [6.07, 6.45) is 2.32. The summed E-state index contributed by atoms with van der Waals surface area (Å²) in [6.45, 7) is 9.00. The lowest BCUT2D eigenvalue weighted by Crippen LogP contribution is -2.24. The number of rotatable bonds is 6. The van der Waals surface area contributed by atoms with Crippen LogP contribution in [0.5, 0.6) is 0 Å².